The molecule has 0 fully saturated rings. The van der Waals surface area contributed by atoms with Gasteiger partial charge in [0, 0.05) is 5.57 Å². The van der Waals surface area contributed by atoms with Gasteiger partial charge in [0.05, 0.1) is 0 Å². The highest BCUT2D eigenvalue weighted by Crippen LogP contribution is 2.15. The molecule has 0 amide bonds. The summed E-state index contributed by atoms with van der Waals surface area (Å²) in [5.74, 6) is 0.107. The van der Waals surface area contributed by atoms with Crippen LogP contribution in [-0.4, -0.2) is 35.5 Å². The molecule has 1 unspecified atom stereocenters. The van der Waals surface area contributed by atoms with Crippen molar-refractivity contribution in [3.63, 3.8) is 0 Å². The van der Waals surface area contributed by atoms with Crippen LogP contribution >= 0.6 is 0 Å². The van der Waals surface area contributed by atoms with E-state index in [1.54, 1.807) is 12.1 Å². The fourth-order valence-electron chi connectivity index (χ4n) is 1.08. The van der Waals surface area contributed by atoms with Crippen LogP contribution in [0.4, 0.5) is 0 Å². The van der Waals surface area contributed by atoms with Crippen molar-refractivity contribution >= 4 is 5.97 Å². The van der Waals surface area contributed by atoms with Crippen LogP contribution in [0.1, 0.15) is 6.92 Å². The second-order valence-corrected chi connectivity index (χ2v) is 3.84. The Morgan fingerprint density at radius 3 is 2.50 bits per heavy atom. The van der Waals surface area contributed by atoms with Gasteiger partial charge >= 0.3 is 5.97 Å². The van der Waals surface area contributed by atoms with E-state index in [2.05, 4.69) is 6.58 Å². The van der Waals surface area contributed by atoms with Gasteiger partial charge in [0.2, 0.25) is 0 Å². The number of hydrogen-bond donors (Lipinski definition) is 2. The van der Waals surface area contributed by atoms with Crippen molar-refractivity contribution in [1.82, 2.24) is 0 Å². The summed E-state index contributed by atoms with van der Waals surface area (Å²) in [6, 6.07) is 6.09. The number of carbonyl (C=O) groups excluding carboxylic acids is 1. The fraction of sp³-hybridized carbons (Fsp3) is 0.308. The molecule has 2 N–H and O–H groups in total. The Labute approximate surface area is 105 Å². The molecule has 98 valence electrons. The monoisotopic (exact) mass is 252 g/mol. The standard InChI is InChI=1S/C13H16O5/c1-9(2)13(16)18-8-11(15)7-17-12-5-3-10(14)4-6-12/h3-6,11,14-15H,1,7-8H2,2H3. The van der Waals surface area contributed by atoms with Crippen LogP contribution in [0.15, 0.2) is 36.4 Å². The molecule has 1 rings (SSSR count). The van der Waals surface area contributed by atoms with Crippen molar-refractivity contribution in [1.29, 1.82) is 0 Å². The molecule has 0 saturated heterocycles. The third-order valence-corrected chi connectivity index (χ3v) is 2.03. The molecule has 0 saturated carbocycles. The highest BCUT2D eigenvalue weighted by atomic mass is 16.5. The minimum Gasteiger partial charge on any atom is -0.508 e. The molecule has 1 atom stereocenters. The molecule has 0 aromatic heterocycles. The van der Waals surface area contributed by atoms with Gasteiger partial charge in [-0.05, 0) is 31.2 Å². The number of phenolic OH excluding ortho intramolecular Hbond substituents is 1. The lowest BCUT2D eigenvalue weighted by atomic mass is 10.3. The first-order valence-electron chi connectivity index (χ1n) is 5.41. The Morgan fingerprint density at radius 1 is 1.33 bits per heavy atom. The summed E-state index contributed by atoms with van der Waals surface area (Å²) in [6.07, 6.45) is -0.915. The van der Waals surface area contributed by atoms with Crippen molar-refractivity contribution in [2.45, 2.75) is 13.0 Å². The zero-order chi connectivity index (χ0) is 13.5. The minimum absolute atomic E-state index is 0.00571. The summed E-state index contributed by atoms with van der Waals surface area (Å²) in [4.78, 5) is 11.1. The maximum absolute atomic E-state index is 11.1. The Bertz CT molecular complexity index is 410. The van der Waals surface area contributed by atoms with Crippen LogP contribution in [0.5, 0.6) is 11.5 Å². The molecule has 0 bridgehead atoms. The zero-order valence-electron chi connectivity index (χ0n) is 10.1. The predicted molar refractivity (Wildman–Crippen MR) is 65.4 cm³/mol. The second kappa shape index (κ2) is 6.66. The first kappa shape index (κ1) is 14.1. The van der Waals surface area contributed by atoms with Gasteiger partial charge < -0.3 is 19.7 Å². The molecule has 5 nitrogen and oxygen atoms in total. The average molecular weight is 252 g/mol. The average Bonchev–Trinajstić information content (AvgIpc) is 2.35. The van der Waals surface area contributed by atoms with E-state index in [9.17, 15) is 9.90 Å². The number of carbonyl (C=O) groups is 1. The van der Waals surface area contributed by atoms with Gasteiger partial charge in [-0.3, -0.25) is 0 Å². The van der Waals surface area contributed by atoms with E-state index in [4.69, 9.17) is 14.6 Å². The zero-order valence-corrected chi connectivity index (χ0v) is 10.1. The molecule has 18 heavy (non-hydrogen) atoms. The molecule has 0 aliphatic rings. The first-order valence-corrected chi connectivity index (χ1v) is 5.41. The number of hydrogen-bond acceptors (Lipinski definition) is 5. The number of esters is 1. The predicted octanol–water partition coefficient (Wildman–Crippen LogP) is 1.25. The highest BCUT2D eigenvalue weighted by Gasteiger charge is 2.10. The maximum Gasteiger partial charge on any atom is 0.333 e. The van der Waals surface area contributed by atoms with Gasteiger partial charge in [0.15, 0.2) is 0 Å². The lowest BCUT2D eigenvalue weighted by Gasteiger charge is -2.12. The molecule has 0 aliphatic heterocycles. The number of aliphatic hydroxyl groups is 1. The van der Waals surface area contributed by atoms with Gasteiger partial charge in [0.25, 0.3) is 0 Å². The lowest BCUT2D eigenvalue weighted by Crippen LogP contribution is -2.25. The van der Waals surface area contributed by atoms with Crippen molar-refractivity contribution in [2.75, 3.05) is 13.2 Å². The van der Waals surface area contributed by atoms with Crippen molar-refractivity contribution < 1.29 is 24.5 Å². The Hall–Kier alpha value is -2.01. The second-order valence-electron chi connectivity index (χ2n) is 3.84. The topological polar surface area (TPSA) is 76.0 Å². The third-order valence-electron chi connectivity index (χ3n) is 2.03. The van der Waals surface area contributed by atoms with Gasteiger partial charge in [-0.1, -0.05) is 6.58 Å². The molecular weight excluding hydrogens is 236 g/mol. The SMILES string of the molecule is C=C(C)C(=O)OCC(O)COc1ccc(O)cc1. The largest absolute Gasteiger partial charge is 0.508 e. The van der Waals surface area contributed by atoms with Crippen molar-refractivity contribution in [3.05, 3.63) is 36.4 Å². The molecule has 0 radical (unpaired) electrons. The lowest BCUT2D eigenvalue weighted by molar-refractivity contribution is -0.142. The smallest absolute Gasteiger partial charge is 0.333 e. The quantitative estimate of drug-likeness (QED) is 0.588. The van der Waals surface area contributed by atoms with Crippen molar-refractivity contribution in [3.8, 4) is 11.5 Å². The molecule has 0 aliphatic carbocycles. The van der Waals surface area contributed by atoms with Crippen molar-refractivity contribution in [2.24, 2.45) is 0 Å². The summed E-state index contributed by atoms with van der Waals surface area (Å²) in [5.41, 5.74) is 0.279. The van der Waals surface area contributed by atoms with Crippen LogP contribution in [0, 0.1) is 0 Å². The van der Waals surface area contributed by atoms with E-state index in [1.807, 2.05) is 0 Å². The van der Waals surface area contributed by atoms with E-state index in [-0.39, 0.29) is 24.5 Å². The van der Waals surface area contributed by atoms with Gasteiger partial charge in [-0.15, -0.1) is 0 Å². The van der Waals surface area contributed by atoms with Crippen LogP contribution in [0.3, 0.4) is 0 Å². The summed E-state index contributed by atoms with van der Waals surface area (Å²) in [5, 5.41) is 18.6. The number of rotatable bonds is 6. The number of benzene rings is 1. The summed E-state index contributed by atoms with van der Waals surface area (Å²) < 4.78 is 10.0. The summed E-state index contributed by atoms with van der Waals surface area (Å²) >= 11 is 0. The normalized spacial score (nSPS) is 11.7. The van der Waals surface area contributed by atoms with E-state index < -0.39 is 12.1 Å². The summed E-state index contributed by atoms with van der Waals surface area (Å²) in [7, 11) is 0. The van der Waals surface area contributed by atoms with Gasteiger partial charge in [-0.2, -0.15) is 0 Å². The molecule has 0 spiro atoms. The van der Waals surface area contributed by atoms with Crippen LogP contribution in [0.25, 0.3) is 0 Å². The highest BCUT2D eigenvalue weighted by molar-refractivity contribution is 5.86. The van der Waals surface area contributed by atoms with Crippen LogP contribution < -0.4 is 4.74 Å². The maximum atomic E-state index is 11.1. The molecular formula is C13H16O5. The minimum atomic E-state index is -0.915. The number of ether oxygens (including phenoxy) is 2. The Balaban J connectivity index is 2.28. The Kier molecular flexibility index (Phi) is 5.20. The fourth-order valence-corrected chi connectivity index (χ4v) is 1.08. The third kappa shape index (κ3) is 4.88. The van der Waals surface area contributed by atoms with Crippen LogP contribution in [0.2, 0.25) is 0 Å². The molecule has 1 aromatic rings. The Morgan fingerprint density at radius 2 is 1.94 bits per heavy atom. The molecule has 0 heterocycles. The number of phenols is 1. The van der Waals surface area contributed by atoms with Crippen LogP contribution in [-0.2, 0) is 9.53 Å². The first-order chi connectivity index (χ1) is 8.49. The van der Waals surface area contributed by atoms with Gasteiger partial charge in [-0.25, -0.2) is 4.79 Å². The van der Waals surface area contributed by atoms with Gasteiger partial charge in [0.1, 0.15) is 30.8 Å². The van der Waals surface area contributed by atoms with E-state index in [0.29, 0.717) is 5.75 Å². The number of aromatic hydroxyl groups is 1. The summed E-state index contributed by atoms with van der Waals surface area (Å²) in [6.45, 7) is 4.80. The molecule has 1 aromatic carbocycles. The van der Waals surface area contributed by atoms with E-state index in [0.717, 1.165) is 0 Å². The van der Waals surface area contributed by atoms with E-state index >= 15 is 0 Å². The number of aliphatic hydroxyl groups excluding tert-OH is 1. The molecule has 5 heteroatoms. The van der Waals surface area contributed by atoms with E-state index in [1.165, 1.54) is 19.1 Å².